The predicted octanol–water partition coefficient (Wildman–Crippen LogP) is 3.46. The number of carbonyl (C=O) groups excluding carboxylic acids is 2. The molecule has 3 aromatic rings. The Morgan fingerprint density at radius 3 is 2.76 bits per heavy atom. The van der Waals surface area contributed by atoms with Gasteiger partial charge >= 0.3 is 0 Å². The fourth-order valence-electron chi connectivity index (χ4n) is 2.04. The van der Waals surface area contributed by atoms with Crippen LogP contribution in [0.1, 0.15) is 27.9 Å². The highest BCUT2D eigenvalue weighted by Crippen LogP contribution is 2.30. The van der Waals surface area contributed by atoms with Crippen molar-refractivity contribution in [2.24, 2.45) is 0 Å². The Labute approximate surface area is 153 Å². The number of hydrogen-bond acceptors (Lipinski definition) is 6. The van der Waals surface area contributed by atoms with Crippen LogP contribution < -0.4 is 10.6 Å². The first-order valence-electron chi connectivity index (χ1n) is 7.54. The minimum atomic E-state index is -0.231. The van der Waals surface area contributed by atoms with E-state index in [9.17, 15) is 9.59 Å². The molecular formula is C17H16N4O2S2. The number of carbonyl (C=O) groups is 2. The third-order valence-corrected chi connectivity index (χ3v) is 5.19. The van der Waals surface area contributed by atoms with Crippen LogP contribution >= 0.6 is 22.7 Å². The first kappa shape index (κ1) is 17.2. The third kappa shape index (κ3) is 4.49. The van der Waals surface area contributed by atoms with E-state index in [0.717, 1.165) is 21.1 Å². The zero-order valence-electron chi connectivity index (χ0n) is 13.7. The van der Waals surface area contributed by atoms with Crippen molar-refractivity contribution < 1.29 is 9.59 Å². The average Bonchev–Trinajstić information content (AvgIpc) is 3.22. The molecule has 128 valence electrons. The first-order chi connectivity index (χ1) is 12.0. The van der Waals surface area contributed by atoms with E-state index in [-0.39, 0.29) is 11.8 Å². The van der Waals surface area contributed by atoms with Crippen LogP contribution in [-0.2, 0) is 11.3 Å². The molecule has 0 aliphatic carbocycles. The summed E-state index contributed by atoms with van der Waals surface area (Å²) >= 11 is 2.94. The van der Waals surface area contributed by atoms with Crippen molar-refractivity contribution in [2.75, 3.05) is 5.32 Å². The summed E-state index contributed by atoms with van der Waals surface area (Å²) in [5, 5.41) is 8.00. The largest absolute Gasteiger partial charge is 0.351 e. The molecule has 8 heteroatoms. The van der Waals surface area contributed by atoms with Gasteiger partial charge in [-0.05, 0) is 31.2 Å². The number of thiophene rings is 1. The summed E-state index contributed by atoms with van der Waals surface area (Å²) in [4.78, 5) is 33.8. The second-order valence-corrected chi connectivity index (χ2v) is 7.38. The molecule has 3 heterocycles. The Bertz CT molecular complexity index is 900. The highest BCUT2D eigenvalue weighted by Gasteiger charge is 2.11. The molecule has 0 radical (unpaired) electrons. The summed E-state index contributed by atoms with van der Waals surface area (Å²) in [6.45, 7) is 3.87. The van der Waals surface area contributed by atoms with Crippen molar-refractivity contribution in [1.29, 1.82) is 0 Å². The number of nitrogens with zero attached hydrogens (tertiary/aromatic N) is 2. The van der Waals surface area contributed by atoms with Crippen molar-refractivity contribution in [1.82, 2.24) is 15.3 Å². The molecule has 2 N–H and O–H groups in total. The zero-order valence-corrected chi connectivity index (χ0v) is 15.3. The van der Waals surface area contributed by atoms with Crippen LogP contribution in [0.25, 0.3) is 10.6 Å². The molecule has 0 aliphatic rings. The van der Waals surface area contributed by atoms with Gasteiger partial charge in [-0.3, -0.25) is 19.9 Å². The van der Waals surface area contributed by atoms with E-state index in [1.54, 1.807) is 29.7 Å². The van der Waals surface area contributed by atoms with Crippen molar-refractivity contribution in [3.63, 3.8) is 0 Å². The number of anilines is 1. The van der Waals surface area contributed by atoms with Gasteiger partial charge in [-0.25, -0.2) is 4.98 Å². The smallest absolute Gasteiger partial charge is 0.259 e. The Balaban J connectivity index is 1.67. The fraction of sp³-hybridized carbons (Fsp3) is 0.176. The number of thiazole rings is 1. The SMILES string of the molecule is CC(=O)NCc1ccc(-c2csc(NC(=O)c3ccc(C)nc3)n2)s1. The van der Waals surface area contributed by atoms with E-state index >= 15 is 0 Å². The van der Waals surface area contributed by atoms with E-state index < -0.39 is 0 Å². The molecule has 0 aromatic carbocycles. The number of amides is 2. The first-order valence-corrected chi connectivity index (χ1v) is 9.24. The minimum absolute atomic E-state index is 0.0563. The third-order valence-electron chi connectivity index (χ3n) is 3.32. The van der Waals surface area contributed by atoms with Gasteiger partial charge in [0.25, 0.3) is 5.91 Å². The molecular weight excluding hydrogens is 356 g/mol. The molecule has 0 spiro atoms. The second kappa shape index (κ2) is 7.54. The number of aromatic nitrogens is 2. The van der Waals surface area contributed by atoms with Crippen LogP contribution in [0.5, 0.6) is 0 Å². The topological polar surface area (TPSA) is 84.0 Å². The van der Waals surface area contributed by atoms with Gasteiger partial charge in [0.05, 0.1) is 22.7 Å². The maximum atomic E-state index is 12.2. The predicted molar refractivity (Wildman–Crippen MR) is 99.9 cm³/mol. The van der Waals surface area contributed by atoms with Gasteiger partial charge in [0.2, 0.25) is 5.91 Å². The van der Waals surface area contributed by atoms with Crippen molar-refractivity contribution in [2.45, 2.75) is 20.4 Å². The number of rotatable bonds is 5. The normalized spacial score (nSPS) is 10.5. The Kier molecular flexibility index (Phi) is 5.20. The molecule has 0 atom stereocenters. The second-order valence-electron chi connectivity index (χ2n) is 5.36. The Morgan fingerprint density at radius 2 is 2.04 bits per heavy atom. The van der Waals surface area contributed by atoms with Gasteiger partial charge in [-0.2, -0.15) is 0 Å². The van der Waals surface area contributed by atoms with Crippen LogP contribution in [0.3, 0.4) is 0 Å². The molecule has 3 aromatic heterocycles. The highest BCUT2D eigenvalue weighted by atomic mass is 32.1. The van der Waals surface area contributed by atoms with Crippen molar-refractivity contribution in [3.8, 4) is 10.6 Å². The highest BCUT2D eigenvalue weighted by molar-refractivity contribution is 7.17. The van der Waals surface area contributed by atoms with Crippen molar-refractivity contribution in [3.05, 3.63) is 52.0 Å². The molecule has 0 fully saturated rings. The molecule has 3 rings (SSSR count). The van der Waals surface area contributed by atoms with Crippen LogP contribution in [0.2, 0.25) is 0 Å². The number of pyridine rings is 1. The van der Waals surface area contributed by atoms with Gasteiger partial charge in [-0.15, -0.1) is 22.7 Å². The van der Waals surface area contributed by atoms with Gasteiger partial charge in [-0.1, -0.05) is 0 Å². The Hall–Kier alpha value is -2.58. The van der Waals surface area contributed by atoms with Gasteiger partial charge in [0.15, 0.2) is 5.13 Å². The van der Waals surface area contributed by atoms with Crippen LogP contribution in [0, 0.1) is 6.92 Å². The summed E-state index contributed by atoms with van der Waals surface area (Å²) in [6, 6.07) is 7.46. The molecule has 0 aliphatic heterocycles. The van der Waals surface area contributed by atoms with Gasteiger partial charge in [0, 0.05) is 29.1 Å². The lowest BCUT2D eigenvalue weighted by Crippen LogP contribution is -2.17. The van der Waals surface area contributed by atoms with E-state index in [2.05, 4.69) is 20.6 Å². The summed E-state index contributed by atoms with van der Waals surface area (Å²) < 4.78 is 0. The van der Waals surface area contributed by atoms with Crippen LogP contribution in [-0.4, -0.2) is 21.8 Å². The van der Waals surface area contributed by atoms with Crippen LogP contribution in [0.15, 0.2) is 35.8 Å². The fourth-order valence-corrected chi connectivity index (χ4v) is 3.73. The van der Waals surface area contributed by atoms with E-state index in [1.807, 2.05) is 24.4 Å². The quantitative estimate of drug-likeness (QED) is 0.718. The lowest BCUT2D eigenvalue weighted by molar-refractivity contribution is -0.119. The lowest BCUT2D eigenvalue weighted by atomic mass is 10.2. The molecule has 0 saturated heterocycles. The van der Waals surface area contributed by atoms with E-state index in [4.69, 9.17) is 0 Å². The van der Waals surface area contributed by atoms with E-state index in [1.165, 1.54) is 18.3 Å². The molecule has 2 amide bonds. The number of nitrogens with one attached hydrogen (secondary N) is 2. The summed E-state index contributed by atoms with van der Waals surface area (Å²) in [5.74, 6) is -0.287. The zero-order chi connectivity index (χ0) is 17.8. The maximum Gasteiger partial charge on any atom is 0.259 e. The molecule has 0 bridgehead atoms. The average molecular weight is 372 g/mol. The molecule has 25 heavy (non-hydrogen) atoms. The number of hydrogen-bond donors (Lipinski definition) is 2. The lowest BCUT2D eigenvalue weighted by Gasteiger charge is -2.01. The van der Waals surface area contributed by atoms with Gasteiger partial charge < -0.3 is 5.32 Å². The number of aryl methyl sites for hydroxylation is 1. The summed E-state index contributed by atoms with van der Waals surface area (Å²) in [6.07, 6.45) is 1.55. The van der Waals surface area contributed by atoms with Crippen LogP contribution in [0.4, 0.5) is 5.13 Å². The van der Waals surface area contributed by atoms with E-state index in [0.29, 0.717) is 17.2 Å². The summed E-state index contributed by atoms with van der Waals surface area (Å²) in [7, 11) is 0. The van der Waals surface area contributed by atoms with Crippen molar-refractivity contribution >= 4 is 39.6 Å². The molecule has 0 unspecified atom stereocenters. The minimum Gasteiger partial charge on any atom is -0.351 e. The summed E-state index contributed by atoms with van der Waals surface area (Å²) in [5.41, 5.74) is 2.17. The standard InChI is InChI=1S/C17H16N4O2S2/c1-10-3-4-12(7-18-10)16(23)21-17-20-14(9-24-17)15-6-5-13(25-15)8-19-11(2)22/h3-7,9H,8H2,1-2H3,(H,19,22)(H,20,21,23). The molecule has 0 saturated carbocycles. The maximum absolute atomic E-state index is 12.2. The molecule has 6 nitrogen and oxygen atoms in total. The monoisotopic (exact) mass is 372 g/mol. The Morgan fingerprint density at radius 1 is 1.20 bits per heavy atom. The van der Waals surface area contributed by atoms with Gasteiger partial charge in [0.1, 0.15) is 0 Å².